The number of nitrogens with one attached hydrogen (secondary N) is 1. The lowest BCUT2D eigenvalue weighted by atomic mass is 10.2. The van der Waals surface area contributed by atoms with Crippen molar-refractivity contribution in [3.8, 4) is 0 Å². The molecule has 8 nitrogen and oxygen atoms in total. The quantitative estimate of drug-likeness (QED) is 0.659. The summed E-state index contributed by atoms with van der Waals surface area (Å²) in [5.74, 6) is 0.0582. The van der Waals surface area contributed by atoms with E-state index in [1.807, 2.05) is 25.9 Å². The molecule has 9 heteroatoms. The molecule has 0 bridgehead atoms. The number of fused-ring (bicyclic) bond motifs is 1. The molecular weight excluding hydrogens is 366 g/mol. The normalized spacial score (nSPS) is 12.1. The van der Waals surface area contributed by atoms with Crippen LogP contribution in [0.4, 0.5) is 5.82 Å². The Bertz CT molecular complexity index is 1130. The smallest absolute Gasteiger partial charge is 0.288 e. The molecule has 0 amide bonds. The van der Waals surface area contributed by atoms with Gasteiger partial charge in [-0.05, 0) is 46.1 Å². The van der Waals surface area contributed by atoms with Gasteiger partial charge < -0.3 is 15.2 Å². The van der Waals surface area contributed by atoms with E-state index in [1.165, 1.54) is 6.20 Å². The summed E-state index contributed by atoms with van der Waals surface area (Å²) in [6.07, 6.45) is 2.06. The SMILES string of the molecule is Cc1ccc(S(=O)(=O)c2c(N)n(CCCN(C)C)c3c(=O)[nH]ncc23)cc1. The molecule has 0 atom stereocenters. The molecule has 0 unspecified atom stereocenters. The average molecular weight is 389 g/mol. The zero-order valence-electron chi connectivity index (χ0n) is 15.6. The average Bonchev–Trinajstić information content (AvgIpc) is 2.89. The number of nitrogens with zero attached hydrogens (tertiary/aromatic N) is 3. The zero-order chi connectivity index (χ0) is 19.8. The Morgan fingerprint density at radius 3 is 2.52 bits per heavy atom. The summed E-state index contributed by atoms with van der Waals surface area (Å²) in [7, 11) is -0.00820. The standard InChI is InChI=1S/C18H23N5O3S/c1-12-5-7-13(8-6-12)27(25,26)16-14-11-20-21-18(24)15(14)23(17(16)19)10-4-9-22(2)3/h5-8,11H,4,9-10,19H2,1-3H3,(H,21,24). The molecule has 0 radical (unpaired) electrons. The molecule has 0 saturated heterocycles. The number of sulfone groups is 1. The molecule has 3 rings (SSSR count). The third-order valence-corrected chi connectivity index (χ3v) is 6.31. The van der Waals surface area contributed by atoms with Gasteiger partial charge >= 0.3 is 0 Å². The highest BCUT2D eigenvalue weighted by Gasteiger charge is 2.29. The van der Waals surface area contributed by atoms with E-state index in [4.69, 9.17) is 5.73 Å². The number of nitrogens with two attached hydrogens (primary N) is 1. The largest absolute Gasteiger partial charge is 0.384 e. The van der Waals surface area contributed by atoms with Crippen LogP contribution >= 0.6 is 0 Å². The third kappa shape index (κ3) is 3.47. The van der Waals surface area contributed by atoms with Gasteiger partial charge in [0.05, 0.1) is 11.1 Å². The first kappa shape index (κ1) is 19.1. The Balaban J connectivity index is 2.21. The number of hydrogen-bond donors (Lipinski definition) is 2. The molecule has 1 aromatic carbocycles. The van der Waals surface area contributed by atoms with Gasteiger partial charge in [0.25, 0.3) is 5.56 Å². The highest BCUT2D eigenvalue weighted by atomic mass is 32.2. The topological polar surface area (TPSA) is 114 Å². The summed E-state index contributed by atoms with van der Waals surface area (Å²) < 4.78 is 28.1. The van der Waals surface area contributed by atoms with Crippen LogP contribution in [0.3, 0.4) is 0 Å². The molecule has 0 aliphatic heterocycles. The van der Waals surface area contributed by atoms with Crippen molar-refractivity contribution >= 4 is 26.6 Å². The number of aromatic nitrogens is 3. The van der Waals surface area contributed by atoms with Crippen molar-refractivity contribution in [1.29, 1.82) is 0 Å². The lowest BCUT2D eigenvalue weighted by Gasteiger charge is -2.12. The molecule has 0 fully saturated rings. The van der Waals surface area contributed by atoms with Crippen LogP contribution in [0.25, 0.3) is 10.9 Å². The zero-order valence-corrected chi connectivity index (χ0v) is 16.4. The van der Waals surface area contributed by atoms with Crippen LogP contribution in [0.15, 0.2) is 45.0 Å². The fourth-order valence-corrected chi connectivity index (χ4v) is 4.66. The maximum absolute atomic E-state index is 13.2. The highest BCUT2D eigenvalue weighted by molar-refractivity contribution is 7.92. The summed E-state index contributed by atoms with van der Waals surface area (Å²) in [6.45, 7) is 3.09. The number of rotatable bonds is 6. The second-order valence-electron chi connectivity index (χ2n) is 6.80. The van der Waals surface area contributed by atoms with E-state index in [1.54, 1.807) is 28.8 Å². The molecule has 0 saturated carbocycles. The molecule has 0 aliphatic rings. The van der Waals surface area contributed by atoms with Crippen LogP contribution in [-0.4, -0.2) is 48.7 Å². The molecule has 2 heterocycles. The van der Waals surface area contributed by atoms with E-state index >= 15 is 0 Å². The number of benzene rings is 1. The molecule has 0 aliphatic carbocycles. The van der Waals surface area contributed by atoms with E-state index in [-0.39, 0.29) is 26.5 Å². The van der Waals surface area contributed by atoms with Gasteiger partial charge in [-0.1, -0.05) is 17.7 Å². The summed E-state index contributed by atoms with van der Waals surface area (Å²) in [4.78, 5) is 14.4. The maximum atomic E-state index is 13.2. The first-order valence-corrected chi connectivity index (χ1v) is 10.0. The first-order valence-electron chi connectivity index (χ1n) is 8.55. The Morgan fingerprint density at radius 2 is 1.89 bits per heavy atom. The van der Waals surface area contributed by atoms with E-state index in [9.17, 15) is 13.2 Å². The number of anilines is 1. The molecule has 144 valence electrons. The van der Waals surface area contributed by atoms with E-state index in [0.717, 1.165) is 12.1 Å². The van der Waals surface area contributed by atoms with Gasteiger partial charge in [0.15, 0.2) is 0 Å². The van der Waals surface area contributed by atoms with Gasteiger partial charge in [0.2, 0.25) is 9.84 Å². The molecular formula is C18H23N5O3S. The van der Waals surface area contributed by atoms with Crippen LogP contribution in [0.2, 0.25) is 0 Å². The van der Waals surface area contributed by atoms with Gasteiger partial charge in [-0.25, -0.2) is 13.5 Å². The second-order valence-corrected chi connectivity index (χ2v) is 8.69. The maximum Gasteiger partial charge on any atom is 0.288 e. The van der Waals surface area contributed by atoms with Gasteiger partial charge in [-0.15, -0.1) is 0 Å². The Kier molecular flexibility index (Phi) is 5.07. The van der Waals surface area contributed by atoms with E-state index < -0.39 is 15.4 Å². The highest BCUT2D eigenvalue weighted by Crippen LogP contribution is 2.34. The molecule has 3 aromatic rings. The molecule has 0 spiro atoms. The third-order valence-electron chi connectivity index (χ3n) is 4.45. The van der Waals surface area contributed by atoms with Crippen LogP contribution in [0.5, 0.6) is 0 Å². The molecule has 3 N–H and O–H groups in total. The van der Waals surface area contributed by atoms with E-state index in [2.05, 4.69) is 10.2 Å². The van der Waals surface area contributed by atoms with Crippen LogP contribution < -0.4 is 11.3 Å². The summed E-state index contributed by atoms with van der Waals surface area (Å²) >= 11 is 0. The predicted molar refractivity (Wildman–Crippen MR) is 105 cm³/mol. The monoisotopic (exact) mass is 389 g/mol. The van der Waals surface area contributed by atoms with Crippen molar-refractivity contribution < 1.29 is 8.42 Å². The molecule has 2 aromatic heterocycles. The van der Waals surface area contributed by atoms with Gasteiger partial charge in [0, 0.05) is 11.9 Å². The van der Waals surface area contributed by atoms with Crippen LogP contribution in [0.1, 0.15) is 12.0 Å². The Labute approximate surface area is 157 Å². The number of aromatic amines is 1. The van der Waals surface area contributed by atoms with Crippen molar-refractivity contribution in [3.63, 3.8) is 0 Å². The summed E-state index contributed by atoms with van der Waals surface area (Å²) in [5.41, 5.74) is 6.96. The van der Waals surface area contributed by atoms with Crippen molar-refractivity contribution in [2.24, 2.45) is 0 Å². The molecule has 27 heavy (non-hydrogen) atoms. The number of aryl methyl sites for hydroxylation is 2. The Morgan fingerprint density at radius 1 is 1.22 bits per heavy atom. The first-order chi connectivity index (χ1) is 12.7. The van der Waals surface area contributed by atoms with E-state index in [0.29, 0.717) is 13.0 Å². The number of H-pyrrole nitrogens is 1. The second kappa shape index (κ2) is 7.16. The van der Waals surface area contributed by atoms with Crippen molar-refractivity contribution in [2.75, 3.05) is 26.4 Å². The van der Waals surface area contributed by atoms with Gasteiger partial charge in [0.1, 0.15) is 16.2 Å². The predicted octanol–water partition coefficient (Wildman–Crippen LogP) is 1.40. The fourth-order valence-electron chi connectivity index (χ4n) is 3.10. The van der Waals surface area contributed by atoms with Gasteiger partial charge in [-0.3, -0.25) is 4.79 Å². The summed E-state index contributed by atoms with van der Waals surface area (Å²) in [5, 5.41) is 6.38. The minimum Gasteiger partial charge on any atom is -0.384 e. The van der Waals surface area contributed by atoms with Crippen LogP contribution in [-0.2, 0) is 16.4 Å². The number of nitrogen functional groups attached to an aromatic ring is 1. The fraction of sp³-hybridized carbons (Fsp3) is 0.333. The lowest BCUT2D eigenvalue weighted by Crippen LogP contribution is -2.18. The number of hydrogen-bond acceptors (Lipinski definition) is 6. The minimum absolute atomic E-state index is 0.0582. The van der Waals surface area contributed by atoms with Crippen molar-refractivity contribution in [3.05, 3.63) is 46.4 Å². The van der Waals surface area contributed by atoms with Crippen LogP contribution in [0, 0.1) is 6.92 Å². The summed E-state index contributed by atoms with van der Waals surface area (Å²) in [6, 6.07) is 6.54. The van der Waals surface area contributed by atoms with Gasteiger partial charge in [-0.2, -0.15) is 5.10 Å². The minimum atomic E-state index is -3.90. The van der Waals surface area contributed by atoms with Crippen molar-refractivity contribution in [2.45, 2.75) is 29.7 Å². The van der Waals surface area contributed by atoms with Crippen molar-refractivity contribution in [1.82, 2.24) is 19.7 Å². The lowest BCUT2D eigenvalue weighted by molar-refractivity contribution is 0.388. The Hall–Kier alpha value is -2.65.